The number of benzene rings is 2. The molecule has 0 saturated carbocycles. The van der Waals surface area contributed by atoms with E-state index in [1.54, 1.807) is 13.3 Å². The number of nitrogens with one attached hydrogen (secondary N) is 1. The summed E-state index contributed by atoms with van der Waals surface area (Å²) in [5.41, 5.74) is 3.85. The second-order valence-electron chi connectivity index (χ2n) is 6.23. The first-order valence-electron chi connectivity index (χ1n) is 8.30. The topological polar surface area (TPSA) is 57.6 Å². The van der Waals surface area contributed by atoms with Crippen LogP contribution in [0.4, 0.5) is 11.4 Å². The van der Waals surface area contributed by atoms with E-state index in [0.717, 1.165) is 38.1 Å². The van der Waals surface area contributed by atoms with E-state index < -0.39 is 0 Å². The van der Waals surface area contributed by atoms with Crippen LogP contribution in [0.5, 0.6) is 5.75 Å². The van der Waals surface area contributed by atoms with Crippen LogP contribution in [0.25, 0.3) is 10.9 Å². The predicted octanol–water partition coefficient (Wildman–Crippen LogP) is 4.22. The zero-order valence-electron chi connectivity index (χ0n) is 15.0. The summed E-state index contributed by atoms with van der Waals surface area (Å²) < 4.78 is 6.21. The lowest BCUT2D eigenvalue weighted by atomic mass is 10.1. The second kappa shape index (κ2) is 7.93. The highest BCUT2D eigenvalue weighted by molar-refractivity contribution is 9.10. The maximum Gasteiger partial charge on any atom is 0.135 e. The van der Waals surface area contributed by atoms with E-state index in [1.165, 1.54) is 0 Å². The fourth-order valence-corrected chi connectivity index (χ4v) is 3.38. The standard InChI is InChI=1S/C20H22BrN3O2/c1-24(2)14-6-4-5-13(9-14)19(12-25)23-17-7-8-22-18-11-20(26-3)16(21)10-15(17)18/h4-11,19,25H,12H2,1-3H3,(H,22,23)/t19-/m0/s1. The van der Waals surface area contributed by atoms with Crippen LogP contribution in [0.3, 0.4) is 0 Å². The van der Waals surface area contributed by atoms with Crippen LogP contribution in [0.1, 0.15) is 11.6 Å². The van der Waals surface area contributed by atoms with Gasteiger partial charge in [0.1, 0.15) is 5.75 Å². The molecule has 0 bridgehead atoms. The first kappa shape index (κ1) is 18.5. The van der Waals surface area contributed by atoms with Gasteiger partial charge in [-0.25, -0.2) is 0 Å². The molecule has 2 N–H and O–H groups in total. The van der Waals surface area contributed by atoms with Gasteiger partial charge in [0.15, 0.2) is 0 Å². The van der Waals surface area contributed by atoms with Crippen molar-refractivity contribution in [3.05, 3.63) is 58.7 Å². The average molecular weight is 416 g/mol. The minimum atomic E-state index is -0.221. The Labute approximate surface area is 161 Å². The summed E-state index contributed by atoms with van der Waals surface area (Å²) in [6, 6.07) is 13.7. The number of pyridine rings is 1. The van der Waals surface area contributed by atoms with Gasteiger partial charge < -0.3 is 20.1 Å². The van der Waals surface area contributed by atoms with Crippen molar-refractivity contribution in [2.45, 2.75) is 6.04 Å². The molecule has 3 aromatic rings. The fraction of sp³-hybridized carbons (Fsp3) is 0.250. The number of rotatable bonds is 6. The van der Waals surface area contributed by atoms with Crippen molar-refractivity contribution >= 4 is 38.2 Å². The molecule has 26 heavy (non-hydrogen) atoms. The molecule has 0 spiro atoms. The number of methoxy groups -OCH3 is 1. The van der Waals surface area contributed by atoms with Gasteiger partial charge in [0.25, 0.3) is 0 Å². The molecule has 0 radical (unpaired) electrons. The SMILES string of the molecule is COc1cc2nccc(N[C@@H](CO)c3cccc(N(C)C)c3)c2cc1Br. The zero-order chi connectivity index (χ0) is 18.7. The van der Waals surface area contributed by atoms with Crippen molar-refractivity contribution in [3.63, 3.8) is 0 Å². The molecular formula is C20H22BrN3O2. The number of aliphatic hydroxyl groups is 1. The van der Waals surface area contributed by atoms with Crippen molar-refractivity contribution in [3.8, 4) is 5.75 Å². The van der Waals surface area contributed by atoms with Gasteiger partial charge in [-0.2, -0.15) is 0 Å². The van der Waals surface area contributed by atoms with E-state index in [2.05, 4.69) is 32.3 Å². The van der Waals surface area contributed by atoms with Crippen LogP contribution in [0.2, 0.25) is 0 Å². The van der Waals surface area contributed by atoms with Crippen LogP contribution >= 0.6 is 15.9 Å². The number of aromatic nitrogens is 1. The first-order chi connectivity index (χ1) is 12.5. The number of aliphatic hydroxyl groups excluding tert-OH is 1. The largest absolute Gasteiger partial charge is 0.495 e. The molecule has 2 aromatic carbocycles. The summed E-state index contributed by atoms with van der Waals surface area (Å²) in [4.78, 5) is 6.47. The Morgan fingerprint density at radius 2 is 2.04 bits per heavy atom. The van der Waals surface area contributed by atoms with Gasteiger partial charge in [0.2, 0.25) is 0 Å². The molecular weight excluding hydrogens is 394 g/mol. The van der Waals surface area contributed by atoms with Crippen LogP contribution in [0.15, 0.2) is 53.1 Å². The molecule has 0 aliphatic carbocycles. The molecule has 0 saturated heterocycles. The third-order valence-electron chi connectivity index (χ3n) is 4.32. The molecule has 3 rings (SSSR count). The van der Waals surface area contributed by atoms with Crippen molar-refractivity contribution in [2.24, 2.45) is 0 Å². The van der Waals surface area contributed by atoms with Gasteiger partial charge in [-0.15, -0.1) is 0 Å². The van der Waals surface area contributed by atoms with Crippen molar-refractivity contribution in [2.75, 3.05) is 38.0 Å². The Morgan fingerprint density at radius 3 is 2.73 bits per heavy atom. The van der Waals surface area contributed by atoms with E-state index in [9.17, 15) is 5.11 Å². The van der Waals surface area contributed by atoms with E-state index in [1.807, 2.05) is 55.4 Å². The number of nitrogens with zero attached hydrogens (tertiary/aromatic N) is 2. The Bertz CT molecular complexity index is 915. The van der Waals surface area contributed by atoms with Crippen LogP contribution in [0, 0.1) is 0 Å². The van der Waals surface area contributed by atoms with E-state index >= 15 is 0 Å². The van der Waals surface area contributed by atoms with Gasteiger partial charge in [0, 0.05) is 43.1 Å². The quantitative estimate of drug-likeness (QED) is 0.630. The maximum absolute atomic E-state index is 9.96. The first-order valence-corrected chi connectivity index (χ1v) is 9.09. The monoisotopic (exact) mass is 415 g/mol. The highest BCUT2D eigenvalue weighted by atomic mass is 79.9. The molecule has 1 aromatic heterocycles. The molecule has 6 heteroatoms. The fourth-order valence-electron chi connectivity index (χ4n) is 2.87. The highest BCUT2D eigenvalue weighted by Crippen LogP contribution is 2.34. The van der Waals surface area contributed by atoms with E-state index in [0.29, 0.717) is 0 Å². The van der Waals surface area contributed by atoms with Gasteiger partial charge in [-0.3, -0.25) is 4.98 Å². The summed E-state index contributed by atoms with van der Waals surface area (Å²) >= 11 is 3.53. The molecule has 0 unspecified atom stereocenters. The lowest BCUT2D eigenvalue weighted by Crippen LogP contribution is -2.16. The van der Waals surface area contributed by atoms with Crippen LogP contribution < -0.4 is 15.0 Å². The molecule has 0 fully saturated rings. The van der Waals surface area contributed by atoms with Gasteiger partial charge >= 0.3 is 0 Å². The Hall–Kier alpha value is -2.31. The summed E-state index contributed by atoms with van der Waals surface area (Å²) in [6.45, 7) is -0.0159. The second-order valence-corrected chi connectivity index (χ2v) is 7.09. The number of ether oxygens (including phenoxy) is 1. The predicted molar refractivity (Wildman–Crippen MR) is 110 cm³/mol. The Balaban J connectivity index is 1.98. The highest BCUT2D eigenvalue weighted by Gasteiger charge is 2.14. The normalized spacial score (nSPS) is 12.0. The van der Waals surface area contributed by atoms with Crippen molar-refractivity contribution < 1.29 is 9.84 Å². The Morgan fingerprint density at radius 1 is 1.23 bits per heavy atom. The molecule has 5 nitrogen and oxygen atoms in total. The zero-order valence-corrected chi connectivity index (χ0v) is 16.6. The average Bonchev–Trinajstić information content (AvgIpc) is 2.65. The van der Waals surface area contributed by atoms with Crippen LogP contribution in [-0.4, -0.2) is 37.9 Å². The number of halogens is 1. The van der Waals surface area contributed by atoms with Crippen molar-refractivity contribution in [1.29, 1.82) is 0 Å². The molecule has 136 valence electrons. The summed E-state index contributed by atoms with van der Waals surface area (Å²) in [5, 5.41) is 14.4. The molecule has 0 amide bonds. The minimum absolute atomic E-state index is 0.0159. The Kier molecular flexibility index (Phi) is 5.64. The molecule has 0 aliphatic heterocycles. The third kappa shape index (κ3) is 3.76. The maximum atomic E-state index is 9.96. The number of hydrogen-bond donors (Lipinski definition) is 2. The third-order valence-corrected chi connectivity index (χ3v) is 4.94. The number of anilines is 2. The summed E-state index contributed by atoms with van der Waals surface area (Å²) in [7, 11) is 5.64. The van der Waals surface area contributed by atoms with Gasteiger partial charge in [-0.05, 0) is 45.8 Å². The van der Waals surface area contributed by atoms with E-state index in [4.69, 9.17) is 4.74 Å². The lowest BCUT2D eigenvalue weighted by Gasteiger charge is -2.21. The smallest absolute Gasteiger partial charge is 0.135 e. The van der Waals surface area contributed by atoms with Crippen LogP contribution in [-0.2, 0) is 0 Å². The lowest BCUT2D eigenvalue weighted by molar-refractivity contribution is 0.276. The van der Waals surface area contributed by atoms with Gasteiger partial charge in [-0.1, -0.05) is 12.1 Å². The van der Waals surface area contributed by atoms with E-state index in [-0.39, 0.29) is 12.6 Å². The molecule has 1 heterocycles. The summed E-state index contributed by atoms with van der Waals surface area (Å²) in [6.07, 6.45) is 1.75. The summed E-state index contributed by atoms with van der Waals surface area (Å²) in [5.74, 6) is 0.736. The number of hydrogen-bond acceptors (Lipinski definition) is 5. The minimum Gasteiger partial charge on any atom is -0.495 e. The van der Waals surface area contributed by atoms with Crippen molar-refractivity contribution in [1.82, 2.24) is 4.98 Å². The molecule has 0 aliphatic rings. The van der Waals surface area contributed by atoms with Gasteiger partial charge in [0.05, 0.1) is 29.7 Å². The molecule has 1 atom stereocenters. The number of fused-ring (bicyclic) bond motifs is 1.